The minimum absolute atomic E-state index is 0.124. The van der Waals surface area contributed by atoms with E-state index in [0.29, 0.717) is 6.61 Å². The number of hydrogen-bond acceptors (Lipinski definition) is 4. The zero-order valence-corrected chi connectivity index (χ0v) is 8.08. The fourth-order valence-electron chi connectivity index (χ4n) is 2.03. The van der Waals surface area contributed by atoms with Gasteiger partial charge in [0.2, 0.25) is 5.79 Å². The van der Waals surface area contributed by atoms with E-state index in [4.69, 9.17) is 14.2 Å². The summed E-state index contributed by atoms with van der Waals surface area (Å²) in [6.45, 7) is 4.18. The molecular formula is C9H16O4. The Labute approximate surface area is 77.8 Å². The van der Waals surface area contributed by atoms with Crippen molar-refractivity contribution in [1.82, 2.24) is 0 Å². The molecule has 13 heavy (non-hydrogen) atoms. The lowest BCUT2D eigenvalue weighted by atomic mass is 10.0. The van der Waals surface area contributed by atoms with Crippen LogP contribution in [0.3, 0.4) is 0 Å². The Kier molecular flexibility index (Phi) is 2.11. The summed E-state index contributed by atoms with van der Waals surface area (Å²) in [6, 6.07) is 0. The lowest BCUT2D eigenvalue weighted by Gasteiger charge is -2.34. The van der Waals surface area contributed by atoms with E-state index in [1.54, 1.807) is 0 Å². The van der Waals surface area contributed by atoms with E-state index in [0.717, 1.165) is 12.8 Å². The SMILES string of the molecule is CC1(C)OC2CCCO[C@@]2(CO)O1. The van der Waals surface area contributed by atoms with Crippen LogP contribution < -0.4 is 0 Å². The standard InChI is InChI=1S/C9H16O4/c1-8(2)12-7-4-3-5-11-9(7,6-10)13-8/h7,10H,3-6H2,1-2H3/t7?,9-/m0/s1. The molecule has 0 aromatic carbocycles. The molecule has 0 spiro atoms. The Hall–Kier alpha value is -0.160. The van der Waals surface area contributed by atoms with Crippen LogP contribution >= 0.6 is 0 Å². The second-order valence-electron chi connectivity index (χ2n) is 4.07. The molecule has 2 rings (SSSR count). The molecular weight excluding hydrogens is 172 g/mol. The number of ether oxygens (including phenoxy) is 3. The van der Waals surface area contributed by atoms with E-state index < -0.39 is 11.6 Å². The van der Waals surface area contributed by atoms with Crippen molar-refractivity contribution in [2.24, 2.45) is 0 Å². The van der Waals surface area contributed by atoms with Gasteiger partial charge in [-0.05, 0) is 26.7 Å². The number of fused-ring (bicyclic) bond motifs is 1. The topological polar surface area (TPSA) is 47.9 Å². The van der Waals surface area contributed by atoms with E-state index in [1.165, 1.54) is 0 Å². The highest BCUT2D eigenvalue weighted by atomic mass is 16.8. The van der Waals surface area contributed by atoms with Crippen molar-refractivity contribution in [2.75, 3.05) is 13.2 Å². The highest BCUT2D eigenvalue weighted by Crippen LogP contribution is 2.41. The molecule has 0 aliphatic carbocycles. The largest absolute Gasteiger partial charge is 0.391 e. The molecule has 2 aliphatic rings. The van der Waals surface area contributed by atoms with Crippen LogP contribution in [0.4, 0.5) is 0 Å². The smallest absolute Gasteiger partial charge is 0.221 e. The maximum Gasteiger partial charge on any atom is 0.221 e. The van der Waals surface area contributed by atoms with Crippen LogP contribution in [0.5, 0.6) is 0 Å². The number of aliphatic hydroxyl groups is 1. The van der Waals surface area contributed by atoms with Gasteiger partial charge >= 0.3 is 0 Å². The highest BCUT2D eigenvalue weighted by Gasteiger charge is 2.55. The van der Waals surface area contributed by atoms with Gasteiger partial charge in [-0.1, -0.05) is 0 Å². The quantitative estimate of drug-likeness (QED) is 0.656. The van der Waals surface area contributed by atoms with Crippen molar-refractivity contribution in [2.45, 2.75) is 44.4 Å². The molecule has 4 heteroatoms. The van der Waals surface area contributed by atoms with E-state index >= 15 is 0 Å². The van der Waals surface area contributed by atoms with E-state index in [2.05, 4.69) is 0 Å². The third-order valence-corrected chi connectivity index (χ3v) is 2.51. The van der Waals surface area contributed by atoms with Crippen LogP contribution in [0.2, 0.25) is 0 Å². The molecule has 76 valence electrons. The summed E-state index contributed by atoms with van der Waals surface area (Å²) >= 11 is 0. The van der Waals surface area contributed by atoms with Crippen LogP contribution in [0.15, 0.2) is 0 Å². The summed E-state index contributed by atoms with van der Waals surface area (Å²) in [5.74, 6) is -1.54. The summed E-state index contributed by atoms with van der Waals surface area (Å²) in [7, 11) is 0. The minimum Gasteiger partial charge on any atom is -0.391 e. The van der Waals surface area contributed by atoms with Gasteiger partial charge in [-0.25, -0.2) is 0 Å². The van der Waals surface area contributed by atoms with Crippen molar-refractivity contribution >= 4 is 0 Å². The van der Waals surface area contributed by atoms with E-state index in [9.17, 15) is 5.11 Å². The van der Waals surface area contributed by atoms with Crippen molar-refractivity contribution in [3.63, 3.8) is 0 Å². The molecule has 4 nitrogen and oxygen atoms in total. The Morgan fingerprint density at radius 2 is 2.23 bits per heavy atom. The molecule has 0 bridgehead atoms. The summed E-state index contributed by atoms with van der Waals surface area (Å²) < 4.78 is 16.7. The summed E-state index contributed by atoms with van der Waals surface area (Å²) in [6.07, 6.45) is 1.73. The molecule has 2 heterocycles. The zero-order valence-electron chi connectivity index (χ0n) is 8.08. The molecule has 1 N–H and O–H groups in total. The normalized spacial score (nSPS) is 43.2. The maximum absolute atomic E-state index is 9.25. The third-order valence-electron chi connectivity index (χ3n) is 2.51. The molecule has 0 aromatic heterocycles. The number of hydrogen-bond donors (Lipinski definition) is 1. The first-order chi connectivity index (χ1) is 6.08. The van der Waals surface area contributed by atoms with E-state index in [-0.39, 0.29) is 12.7 Å². The van der Waals surface area contributed by atoms with Gasteiger partial charge < -0.3 is 19.3 Å². The van der Waals surface area contributed by atoms with Gasteiger partial charge in [0.15, 0.2) is 5.79 Å². The predicted molar refractivity (Wildman–Crippen MR) is 45.0 cm³/mol. The lowest BCUT2D eigenvalue weighted by Crippen LogP contribution is -2.49. The number of aliphatic hydroxyl groups excluding tert-OH is 1. The Morgan fingerprint density at radius 1 is 1.46 bits per heavy atom. The van der Waals surface area contributed by atoms with Crippen LogP contribution in [-0.2, 0) is 14.2 Å². The molecule has 0 amide bonds. The fraction of sp³-hybridized carbons (Fsp3) is 1.00. The third kappa shape index (κ3) is 1.48. The molecule has 1 unspecified atom stereocenters. The monoisotopic (exact) mass is 188 g/mol. The minimum atomic E-state index is -0.901. The fourth-order valence-corrected chi connectivity index (χ4v) is 2.03. The first-order valence-corrected chi connectivity index (χ1v) is 4.71. The lowest BCUT2D eigenvalue weighted by molar-refractivity contribution is -0.278. The first kappa shape index (κ1) is 9.40. The van der Waals surface area contributed by atoms with Crippen LogP contribution in [0.25, 0.3) is 0 Å². The van der Waals surface area contributed by atoms with Crippen molar-refractivity contribution in [3.8, 4) is 0 Å². The Bertz CT molecular complexity index is 204. The Morgan fingerprint density at radius 3 is 2.85 bits per heavy atom. The molecule has 2 saturated heterocycles. The zero-order chi connectivity index (χ0) is 9.53. The first-order valence-electron chi connectivity index (χ1n) is 4.71. The predicted octanol–water partition coefficient (Wildman–Crippen LogP) is 0.637. The molecule has 2 aliphatic heterocycles. The molecule has 0 saturated carbocycles. The van der Waals surface area contributed by atoms with Crippen molar-refractivity contribution < 1.29 is 19.3 Å². The van der Waals surface area contributed by atoms with Gasteiger partial charge in [0, 0.05) is 0 Å². The van der Waals surface area contributed by atoms with Gasteiger partial charge in [-0.3, -0.25) is 0 Å². The second-order valence-corrected chi connectivity index (χ2v) is 4.07. The summed E-state index contributed by atoms with van der Waals surface area (Å²) in [4.78, 5) is 0. The van der Waals surface area contributed by atoms with Crippen molar-refractivity contribution in [1.29, 1.82) is 0 Å². The highest BCUT2D eigenvalue weighted by molar-refractivity contribution is 4.91. The second kappa shape index (κ2) is 2.92. The van der Waals surface area contributed by atoms with Gasteiger partial charge in [0.25, 0.3) is 0 Å². The van der Waals surface area contributed by atoms with Crippen LogP contribution in [-0.4, -0.2) is 36.0 Å². The average Bonchev–Trinajstić information content (AvgIpc) is 2.35. The van der Waals surface area contributed by atoms with Gasteiger partial charge in [-0.2, -0.15) is 0 Å². The van der Waals surface area contributed by atoms with Crippen molar-refractivity contribution in [3.05, 3.63) is 0 Å². The molecule has 2 atom stereocenters. The summed E-state index contributed by atoms with van der Waals surface area (Å²) in [5.41, 5.74) is 0. The average molecular weight is 188 g/mol. The maximum atomic E-state index is 9.25. The molecule has 0 radical (unpaired) electrons. The van der Waals surface area contributed by atoms with Gasteiger partial charge in [-0.15, -0.1) is 0 Å². The summed E-state index contributed by atoms with van der Waals surface area (Å²) in [5, 5.41) is 9.25. The van der Waals surface area contributed by atoms with Gasteiger partial charge in [0.1, 0.15) is 12.7 Å². The van der Waals surface area contributed by atoms with Crippen LogP contribution in [0.1, 0.15) is 26.7 Å². The van der Waals surface area contributed by atoms with Crippen LogP contribution in [0, 0.1) is 0 Å². The Balaban J connectivity index is 2.19. The van der Waals surface area contributed by atoms with E-state index in [1.807, 2.05) is 13.8 Å². The number of rotatable bonds is 1. The molecule has 0 aromatic rings. The van der Waals surface area contributed by atoms with Gasteiger partial charge in [0.05, 0.1) is 6.61 Å². The molecule has 2 fully saturated rings.